The lowest BCUT2D eigenvalue weighted by Crippen LogP contribution is -2.48. The van der Waals surface area contributed by atoms with Crippen molar-refractivity contribution in [3.8, 4) is 0 Å². The maximum Gasteiger partial charge on any atom is 0.229 e. The van der Waals surface area contributed by atoms with Crippen molar-refractivity contribution in [2.75, 3.05) is 36.4 Å². The monoisotopic (exact) mass is 365 g/mol. The predicted octanol–water partition coefficient (Wildman–Crippen LogP) is 3.20. The smallest absolute Gasteiger partial charge is 0.229 e. The van der Waals surface area contributed by atoms with Gasteiger partial charge in [0.05, 0.1) is 0 Å². The summed E-state index contributed by atoms with van der Waals surface area (Å²) in [5.74, 6) is 1.40. The number of rotatable bonds is 3. The van der Waals surface area contributed by atoms with Gasteiger partial charge >= 0.3 is 0 Å². The van der Waals surface area contributed by atoms with Crippen molar-refractivity contribution in [3.63, 3.8) is 0 Å². The van der Waals surface area contributed by atoms with Crippen molar-refractivity contribution in [1.29, 1.82) is 0 Å². The molecule has 2 aromatic rings. The van der Waals surface area contributed by atoms with Crippen LogP contribution in [0.2, 0.25) is 10.0 Å². The molecule has 126 valence electrons. The van der Waals surface area contributed by atoms with Crippen molar-refractivity contribution in [2.45, 2.75) is 6.92 Å². The minimum Gasteiger partial charge on any atom is -0.353 e. The first-order valence-corrected chi connectivity index (χ1v) is 8.33. The Balaban J connectivity index is 1.71. The van der Waals surface area contributed by atoms with Gasteiger partial charge in [-0.25, -0.2) is 4.98 Å². The fourth-order valence-electron chi connectivity index (χ4n) is 2.59. The molecular weight excluding hydrogens is 349 g/mol. The third-order valence-electron chi connectivity index (χ3n) is 3.81. The van der Waals surface area contributed by atoms with E-state index in [4.69, 9.17) is 23.2 Å². The highest BCUT2D eigenvalue weighted by Gasteiger charge is 2.19. The average Bonchev–Trinajstić information content (AvgIpc) is 2.54. The Bertz CT molecular complexity index is 727. The van der Waals surface area contributed by atoms with Crippen molar-refractivity contribution in [3.05, 3.63) is 40.5 Å². The van der Waals surface area contributed by atoms with Crippen LogP contribution in [-0.2, 0) is 4.79 Å². The van der Waals surface area contributed by atoms with Crippen LogP contribution in [0.15, 0.2) is 30.5 Å². The van der Waals surface area contributed by atoms with Crippen LogP contribution in [0.5, 0.6) is 0 Å². The van der Waals surface area contributed by atoms with Crippen molar-refractivity contribution < 1.29 is 4.79 Å². The lowest BCUT2D eigenvalue weighted by atomic mass is 10.3. The van der Waals surface area contributed by atoms with E-state index in [-0.39, 0.29) is 5.91 Å². The number of aromatic nitrogens is 2. The van der Waals surface area contributed by atoms with Crippen LogP contribution >= 0.6 is 23.2 Å². The van der Waals surface area contributed by atoms with E-state index < -0.39 is 0 Å². The van der Waals surface area contributed by atoms with Crippen molar-refractivity contribution in [2.24, 2.45) is 0 Å². The summed E-state index contributed by atoms with van der Waals surface area (Å²) in [5.41, 5.74) is 0.728. The number of carbonyl (C=O) groups is 1. The van der Waals surface area contributed by atoms with Gasteiger partial charge in [-0.15, -0.1) is 0 Å². The van der Waals surface area contributed by atoms with Gasteiger partial charge in [0.25, 0.3) is 0 Å². The van der Waals surface area contributed by atoms with Crippen molar-refractivity contribution in [1.82, 2.24) is 14.9 Å². The first-order valence-electron chi connectivity index (χ1n) is 7.58. The molecule has 0 aliphatic carbocycles. The summed E-state index contributed by atoms with van der Waals surface area (Å²) in [7, 11) is 0. The maximum atomic E-state index is 11.4. The summed E-state index contributed by atoms with van der Waals surface area (Å²) >= 11 is 12.0. The number of amides is 1. The van der Waals surface area contributed by atoms with Gasteiger partial charge in [0.15, 0.2) is 0 Å². The molecule has 0 bridgehead atoms. The molecule has 6 nitrogen and oxygen atoms in total. The van der Waals surface area contributed by atoms with Gasteiger partial charge in [-0.2, -0.15) is 4.98 Å². The number of hydrogen-bond donors (Lipinski definition) is 1. The molecular formula is C16H17Cl2N5O. The highest BCUT2D eigenvalue weighted by molar-refractivity contribution is 6.35. The molecule has 1 saturated heterocycles. The maximum absolute atomic E-state index is 11.4. The van der Waals surface area contributed by atoms with Gasteiger partial charge in [-0.05, 0) is 24.3 Å². The molecule has 24 heavy (non-hydrogen) atoms. The van der Waals surface area contributed by atoms with Crippen molar-refractivity contribution >= 4 is 46.6 Å². The molecule has 0 saturated carbocycles. The molecule has 1 amide bonds. The number of anilines is 3. The Labute approximate surface area is 150 Å². The molecule has 1 N–H and O–H groups in total. The molecule has 0 atom stereocenters. The first kappa shape index (κ1) is 16.8. The second-order valence-electron chi connectivity index (χ2n) is 5.51. The molecule has 2 heterocycles. The van der Waals surface area contributed by atoms with Gasteiger partial charge in [-0.3, -0.25) is 4.79 Å². The largest absolute Gasteiger partial charge is 0.353 e. The van der Waals surface area contributed by atoms with E-state index in [9.17, 15) is 4.79 Å². The first-order chi connectivity index (χ1) is 11.5. The zero-order valence-electron chi connectivity index (χ0n) is 13.2. The molecule has 1 aliphatic heterocycles. The van der Waals surface area contributed by atoms with Gasteiger partial charge in [-0.1, -0.05) is 23.2 Å². The molecule has 1 aromatic carbocycles. The van der Waals surface area contributed by atoms with Gasteiger partial charge < -0.3 is 15.1 Å². The fourth-order valence-corrected chi connectivity index (χ4v) is 3.12. The van der Waals surface area contributed by atoms with Crippen LogP contribution in [0, 0.1) is 0 Å². The molecule has 8 heteroatoms. The minimum atomic E-state index is 0.109. The number of nitrogens with one attached hydrogen (secondary N) is 1. The lowest BCUT2D eigenvalue weighted by molar-refractivity contribution is -0.129. The molecule has 1 aliphatic rings. The van der Waals surface area contributed by atoms with Crippen LogP contribution in [0.4, 0.5) is 17.5 Å². The highest BCUT2D eigenvalue weighted by atomic mass is 35.5. The zero-order valence-corrected chi connectivity index (χ0v) is 14.7. The minimum absolute atomic E-state index is 0.109. The fraction of sp³-hybridized carbons (Fsp3) is 0.312. The summed E-state index contributed by atoms with van der Waals surface area (Å²) in [6.45, 7) is 4.49. The molecule has 0 radical (unpaired) electrons. The summed E-state index contributed by atoms with van der Waals surface area (Å²) in [6, 6.07) is 7.05. The highest BCUT2D eigenvalue weighted by Crippen LogP contribution is 2.24. The van der Waals surface area contributed by atoms with Gasteiger partial charge in [0.1, 0.15) is 5.82 Å². The Kier molecular flexibility index (Phi) is 5.06. The number of halogens is 2. The number of carbonyl (C=O) groups excluding carboxylic acids is 1. The summed E-state index contributed by atoms with van der Waals surface area (Å²) in [4.78, 5) is 24.1. The summed E-state index contributed by atoms with van der Waals surface area (Å²) in [6.07, 6.45) is 1.70. The van der Waals surface area contributed by atoms with E-state index in [0.717, 1.165) is 24.6 Å². The SMILES string of the molecule is CC(=O)N1CCN(c2ccnc(Nc3cc(Cl)cc(Cl)c3)n2)CC1. The molecule has 3 rings (SSSR count). The Morgan fingerprint density at radius 1 is 1.12 bits per heavy atom. The molecule has 0 unspecified atom stereocenters. The normalized spacial score (nSPS) is 14.6. The van der Waals surface area contributed by atoms with Crippen LogP contribution in [0.1, 0.15) is 6.92 Å². The van der Waals surface area contributed by atoms with Crippen LogP contribution in [0.3, 0.4) is 0 Å². The number of benzene rings is 1. The molecule has 1 aromatic heterocycles. The topological polar surface area (TPSA) is 61.4 Å². The summed E-state index contributed by atoms with van der Waals surface area (Å²) < 4.78 is 0. The summed E-state index contributed by atoms with van der Waals surface area (Å²) in [5, 5.41) is 4.20. The van der Waals surface area contributed by atoms with E-state index in [0.29, 0.717) is 29.1 Å². The van der Waals surface area contributed by atoms with E-state index in [2.05, 4.69) is 20.2 Å². The standard InChI is InChI=1S/C16H17Cl2N5O/c1-11(24)22-4-6-23(7-5-22)15-2-3-19-16(21-15)20-14-9-12(17)8-13(18)10-14/h2-3,8-10H,4-7H2,1H3,(H,19,20,21). The van der Waals surface area contributed by atoms with Gasteiger partial charge in [0, 0.05) is 55.0 Å². The number of nitrogens with zero attached hydrogens (tertiary/aromatic N) is 4. The Hall–Kier alpha value is -2.05. The van der Waals surface area contributed by atoms with Crippen LogP contribution in [0.25, 0.3) is 0 Å². The molecule has 1 fully saturated rings. The third-order valence-corrected chi connectivity index (χ3v) is 4.25. The average molecular weight is 366 g/mol. The van der Waals surface area contributed by atoms with E-state index in [1.807, 2.05) is 11.0 Å². The Morgan fingerprint density at radius 2 is 1.79 bits per heavy atom. The second-order valence-corrected chi connectivity index (χ2v) is 6.39. The van der Waals surface area contributed by atoms with E-state index in [1.165, 1.54) is 0 Å². The second kappa shape index (κ2) is 7.23. The Morgan fingerprint density at radius 3 is 2.42 bits per heavy atom. The number of piperazine rings is 1. The zero-order chi connectivity index (χ0) is 17.1. The predicted molar refractivity (Wildman–Crippen MR) is 96.2 cm³/mol. The van der Waals surface area contributed by atoms with E-state index >= 15 is 0 Å². The van der Waals surface area contributed by atoms with Crippen LogP contribution in [-0.4, -0.2) is 47.0 Å². The van der Waals surface area contributed by atoms with Gasteiger partial charge in [0.2, 0.25) is 11.9 Å². The number of hydrogen-bond acceptors (Lipinski definition) is 5. The van der Waals surface area contributed by atoms with Crippen LogP contribution < -0.4 is 10.2 Å². The van der Waals surface area contributed by atoms with E-state index in [1.54, 1.807) is 31.3 Å². The lowest BCUT2D eigenvalue weighted by Gasteiger charge is -2.34. The third kappa shape index (κ3) is 4.07. The quantitative estimate of drug-likeness (QED) is 0.904. The molecule has 0 spiro atoms.